The standard InChI is InChI=1S/C22H29N3O6S2/c1-16-8-9-17(33(29,30)25-12-6-5-7-13-25)14-19(16)22(26)23-20-15-18(10-11-21(20)31-4)32(27,28)24(2)3/h8-11,14-15H,5-7,12-13H2,1-4H3,(H,23,26). The van der Waals surface area contributed by atoms with Crippen molar-refractivity contribution < 1.29 is 26.4 Å². The Hall–Kier alpha value is -2.47. The number of ether oxygens (including phenoxy) is 1. The first kappa shape index (κ1) is 25.2. The number of benzene rings is 2. The largest absolute Gasteiger partial charge is 0.495 e. The summed E-state index contributed by atoms with van der Waals surface area (Å²) in [7, 11) is -3.21. The van der Waals surface area contributed by atoms with Crippen molar-refractivity contribution in [1.82, 2.24) is 8.61 Å². The third kappa shape index (κ3) is 5.21. The Bertz CT molecular complexity index is 1250. The summed E-state index contributed by atoms with van der Waals surface area (Å²) in [6, 6.07) is 8.62. The zero-order valence-electron chi connectivity index (χ0n) is 19.2. The topological polar surface area (TPSA) is 113 Å². The Labute approximate surface area is 195 Å². The van der Waals surface area contributed by atoms with Crippen LogP contribution in [0.3, 0.4) is 0 Å². The van der Waals surface area contributed by atoms with E-state index in [1.54, 1.807) is 13.0 Å². The van der Waals surface area contributed by atoms with Crippen LogP contribution >= 0.6 is 0 Å². The highest BCUT2D eigenvalue weighted by Gasteiger charge is 2.27. The number of sulfonamides is 2. The predicted octanol–water partition coefficient (Wildman–Crippen LogP) is 2.68. The summed E-state index contributed by atoms with van der Waals surface area (Å²) >= 11 is 0. The van der Waals surface area contributed by atoms with Crippen molar-refractivity contribution in [2.45, 2.75) is 36.0 Å². The highest BCUT2D eigenvalue weighted by Crippen LogP contribution is 2.30. The summed E-state index contributed by atoms with van der Waals surface area (Å²) in [6.07, 6.45) is 2.62. The minimum atomic E-state index is -3.73. The first-order valence-electron chi connectivity index (χ1n) is 10.5. The average Bonchev–Trinajstić information content (AvgIpc) is 2.79. The minimum absolute atomic E-state index is 0.0123. The molecule has 180 valence electrons. The molecule has 0 atom stereocenters. The molecule has 0 spiro atoms. The minimum Gasteiger partial charge on any atom is -0.495 e. The molecule has 1 N–H and O–H groups in total. The molecule has 1 saturated heterocycles. The lowest BCUT2D eigenvalue weighted by atomic mass is 10.1. The van der Waals surface area contributed by atoms with E-state index in [1.807, 2.05) is 0 Å². The van der Waals surface area contributed by atoms with E-state index < -0.39 is 26.0 Å². The molecule has 3 rings (SSSR count). The van der Waals surface area contributed by atoms with E-state index >= 15 is 0 Å². The Morgan fingerprint density at radius 2 is 1.61 bits per heavy atom. The third-order valence-electron chi connectivity index (χ3n) is 5.60. The maximum atomic E-state index is 13.1. The molecule has 0 radical (unpaired) electrons. The zero-order chi connectivity index (χ0) is 24.4. The van der Waals surface area contributed by atoms with Crippen molar-refractivity contribution in [1.29, 1.82) is 0 Å². The first-order valence-corrected chi connectivity index (χ1v) is 13.4. The van der Waals surface area contributed by atoms with Gasteiger partial charge in [0.25, 0.3) is 5.91 Å². The van der Waals surface area contributed by atoms with E-state index in [4.69, 9.17) is 4.74 Å². The lowest BCUT2D eigenvalue weighted by Gasteiger charge is -2.26. The fourth-order valence-corrected chi connectivity index (χ4v) is 6.08. The van der Waals surface area contributed by atoms with Crippen LogP contribution in [0.5, 0.6) is 5.75 Å². The number of rotatable bonds is 7. The number of nitrogens with zero attached hydrogens (tertiary/aromatic N) is 2. The Morgan fingerprint density at radius 3 is 2.21 bits per heavy atom. The molecular formula is C22H29N3O6S2. The quantitative estimate of drug-likeness (QED) is 0.632. The van der Waals surface area contributed by atoms with Gasteiger partial charge in [0.1, 0.15) is 5.75 Å². The number of anilines is 1. The first-order chi connectivity index (χ1) is 15.5. The summed E-state index contributed by atoms with van der Waals surface area (Å²) in [6.45, 7) is 2.63. The number of carbonyl (C=O) groups is 1. The van der Waals surface area contributed by atoms with Crippen LogP contribution < -0.4 is 10.1 Å². The molecule has 0 bridgehead atoms. The van der Waals surface area contributed by atoms with Crippen molar-refractivity contribution in [3.05, 3.63) is 47.5 Å². The predicted molar refractivity (Wildman–Crippen MR) is 126 cm³/mol. The number of piperidine rings is 1. The molecular weight excluding hydrogens is 466 g/mol. The van der Waals surface area contributed by atoms with Gasteiger partial charge in [-0.1, -0.05) is 12.5 Å². The second kappa shape index (κ2) is 9.80. The van der Waals surface area contributed by atoms with Gasteiger partial charge in [0.05, 0.1) is 22.6 Å². The van der Waals surface area contributed by atoms with E-state index in [-0.39, 0.29) is 26.8 Å². The second-order valence-electron chi connectivity index (χ2n) is 8.05. The molecule has 0 unspecified atom stereocenters. The molecule has 1 aliphatic rings. The van der Waals surface area contributed by atoms with Gasteiger partial charge >= 0.3 is 0 Å². The van der Waals surface area contributed by atoms with E-state index in [9.17, 15) is 21.6 Å². The smallest absolute Gasteiger partial charge is 0.256 e. The zero-order valence-corrected chi connectivity index (χ0v) is 20.8. The normalized spacial score (nSPS) is 15.4. The van der Waals surface area contributed by atoms with Crippen molar-refractivity contribution in [3.63, 3.8) is 0 Å². The summed E-state index contributed by atoms with van der Waals surface area (Å²) in [5.41, 5.74) is 0.922. The van der Waals surface area contributed by atoms with Gasteiger partial charge in [-0.05, 0) is 55.7 Å². The van der Waals surface area contributed by atoms with Gasteiger partial charge in [-0.25, -0.2) is 21.1 Å². The molecule has 11 heteroatoms. The van der Waals surface area contributed by atoms with Gasteiger partial charge in [-0.15, -0.1) is 0 Å². The Morgan fingerprint density at radius 1 is 0.970 bits per heavy atom. The van der Waals surface area contributed by atoms with Crippen LogP contribution in [0.1, 0.15) is 35.2 Å². The summed E-state index contributed by atoms with van der Waals surface area (Å²) in [5, 5.41) is 2.67. The SMILES string of the molecule is COc1ccc(S(=O)(=O)N(C)C)cc1NC(=O)c1cc(S(=O)(=O)N2CCCCC2)ccc1C. The van der Waals surface area contributed by atoms with Gasteiger partial charge in [-0.2, -0.15) is 4.31 Å². The van der Waals surface area contributed by atoms with Crippen LogP contribution in [0.25, 0.3) is 0 Å². The highest BCUT2D eigenvalue weighted by molar-refractivity contribution is 7.89. The molecule has 9 nitrogen and oxygen atoms in total. The monoisotopic (exact) mass is 495 g/mol. The van der Waals surface area contributed by atoms with Crippen LogP contribution in [-0.2, 0) is 20.0 Å². The van der Waals surface area contributed by atoms with Gasteiger partial charge in [-0.3, -0.25) is 4.79 Å². The summed E-state index contributed by atoms with van der Waals surface area (Å²) in [4.78, 5) is 13.2. The number of methoxy groups -OCH3 is 1. The fraction of sp³-hybridized carbons (Fsp3) is 0.409. The van der Waals surface area contributed by atoms with Crippen molar-refractivity contribution >= 4 is 31.6 Å². The molecule has 33 heavy (non-hydrogen) atoms. The van der Waals surface area contributed by atoms with E-state index in [1.165, 1.54) is 55.8 Å². The third-order valence-corrected chi connectivity index (χ3v) is 9.31. The lowest BCUT2D eigenvalue weighted by molar-refractivity contribution is 0.102. The molecule has 2 aromatic carbocycles. The summed E-state index contributed by atoms with van der Waals surface area (Å²) < 4.78 is 58.9. The van der Waals surface area contributed by atoms with Crippen LogP contribution in [0.2, 0.25) is 0 Å². The van der Waals surface area contributed by atoms with Crippen LogP contribution in [0.15, 0.2) is 46.2 Å². The van der Waals surface area contributed by atoms with Gasteiger partial charge < -0.3 is 10.1 Å². The molecule has 0 aliphatic carbocycles. The van der Waals surface area contributed by atoms with Crippen LogP contribution in [0, 0.1) is 6.92 Å². The van der Waals surface area contributed by atoms with Crippen molar-refractivity contribution in [2.75, 3.05) is 39.6 Å². The van der Waals surface area contributed by atoms with Crippen molar-refractivity contribution in [2.24, 2.45) is 0 Å². The Balaban J connectivity index is 1.96. The number of carbonyl (C=O) groups excluding carboxylic acids is 1. The maximum Gasteiger partial charge on any atom is 0.256 e. The number of aryl methyl sites for hydroxylation is 1. The van der Waals surface area contributed by atoms with Gasteiger partial charge in [0.2, 0.25) is 20.0 Å². The molecule has 1 aliphatic heterocycles. The maximum absolute atomic E-state index is 13.1. The molecule has 1 fully saturated rings. The Kier molecular flexibility index (Phi) is 7.47. The highest BCUT2D eigenvalue weighted by atomic mass is 32.2. The number of hydrogen-bond donors (Lipinski definition) is 1. The second-order valence-corrected chi connectivity index (χ2v) is 12.1. The van der Waals surface area contributed by atoms with Crippen LogP contribution in [0.4, 0.5) is 5.69 Å². The molecule has 2 aromatic rings. The fourth-order valence-electron chi connectivity index (χ4n) is 3.61. The van der Waals surface area contributed by atoms with E-state index in [0.29, 0.717) is 18.7 Å². The van der Waals surface area contributed by atoms with Gasteiger partial charge in [0, 0.05) is 32.7 Å². The average molecular weight is 496 g/mol. The number of amides is 1. The van der Waals surface area contributed by atoms with E-state index in [2.05, 4.69) is 5.32 Å². The molecule has 0 saturated carbocycles. The van der Waals surface area contributed by atoms with Crippen LogP contribution in [-0.4, -0.2) is 65.6 Å². The summed E-state index contributed by atoms with van der Waals surface area (Å²) in [5.74, 6) is -0.295. The molecule has 0 aromatic heterocycles. The number of nitrogens with one attached hydrogen (secondary N) is 1. The van der Waals surface area contributed by atoms with E-state index in [0.717, 1.165) is 23.6 Å². The van der Waals surface area contributed by atoms with Gasteiger partial charge in [0.15, 0.2) is 0 Å². The number of hydrogen-bond acceptors (Lipinski definition) is 6. The molecule has 1 amide bonds. The lowest BCUT2D eigenvalue weighted by Crippen LogP contribution is -2.35. The van der Waals surface area contributed by atoms with Crippen molar-refractivity contribution in [3.8, 4) is 5.75 Å². The molecule has 1 heterocycles.